The Kier molecular flexibility index (Phi) is 4.40. The molecule has 2 unspecified atom stereocenters. The summed E-state index contributed by atoms with van der Waals surface area (Å²) in [6.07, 6.45) is -2.37. The summed E-state index contributed by atoms with van der Waals surface area (Å²) in [5.74, 6) is 0. The summed E-state index contributed by atoms with van der Waals surface area (Å²) in [6, 6.07) is 4.44. The second kappa shape index (κ2) is 5.71. The van der Waals surface area contributed by atoms with Gasteiger partial charge in [0.2, 0.25) is 0 Å². The number of halogens is 4. The Morgan fingerprint density at radius 3 is 2.68 bits per heavy atom. The Labute approximate surface area is 118 Å². The Morgan fingerprint density at radius 2 is 2.11 bits per heavy atom. The molecule has 19 heavy (non-hydrogen) atoms. The maximum absolute atomic E-state index is 12.6. The van der Waals surface area contributed by atoms with Crippen molar-refractivity contribution in [2.24, 2.45) is 0 Å². The molecule has 1 heterocycles. The van der Waals surface area contributed by atoms with E-state index in [1.807, 2.05) is 0 Å². The van der Waals surface area contributed by atoms with Crippen molar-refractivity contribution in [3.8, 4) is 0 Å². The number of piperidine rings is 1. The van der Waals surface area contributed by atoms with Crippen molar-refractivity contribution >= 4 is 21.6 Å². The first kappa shape index (κ1) is 14.7. The molecule has 0 aliphatic carbocycles. The van der Waals surface area contributed by atoms with E-state index in [2.05, 4.69) is 33.5 Å². The van der Waals surface area contributed by atoms with Crippen molar-refractivity contribution in [1.29, 1.82) is 0 Å². The van der Waals surface area contributed by atoms with Crippen LogP contribution < -0.4 is 10.6 Å². The molecule has 0 amide bonds. The molecule has 0 saturated carbocycles. The number of hydrogen-bond donors (Lipinski definition) is 2. The van der Waals surface area contributed by atoms with Gasteiger partial charge >= 0.3 is 6.18 Å². The van der Waals surface area contributed by atoms with Crippen LogP contribution in [0, 0.1) is 0 Å². The second-order valence-corrected chi connectivity index (χ2v) is 5.77. The number of alkyl halides is 3. The lowest BCUT2D eigenvalue weighted by Crippen LogP contribution is -2.41. The SMILES string of the molecule is CC1CC(Nc2ccc(C(F)(F)F)cc2Br)CCN1. The topological polar surface area (TPSA) is 24.1 Å². The molecule has 1 aromatic rings. The van der Waals surface area contributed by atoms with Crippen LogP contribution in [-0.4, -0.2) is 18.6 Å². The van der Waals surface area contributed by atoms with Crippen LogP contribution in [0.1, 0.15) is 25.3 Å². The third-order valence-electron chi connectivity index (χ3n) is 3.28. The van der Waals surface area contributed by atoms with Crippen LogP contribution in [0.15, 0.2) is 22.7 Å². The zero-order valence-corrected chi connectivity index (χ0v) is 12.1. The molecular weight excluding hydrogens is 321 g/mol. The zero-order valence-electron chi connectivity index (χ0n) is 10.5. The number of nitrogens with one attached hydrogen (secondary N) is 2. The Balaban J connectivity index is 2.09. The van der Waals surface area contributed by atoms with Gasteiger partial charge in [-0.3, -0.25) is 0 Å². The van der Waals surface area contributed by atoms with Crippen molar-refractivity contribution in [2.45, 2.75) is 38.0 Å². The molecule has 1 aromatic carbocycles. The van der Waals surface area contributed by atoms with Gasteiger partial charge in [-0.2, -0.15) is 13.2 Å². The fourth-order valence-corrected chi connectivity index (χ4v) is 2.78. The highest BCUT2D eigenvalue weighted by Gasteiger charge is 2.31. The van der Waals surface area contributed by atoms with E-state index in [9.17, 15) is 13.2 Å². The number of benzene rings is 1. The molecule has 2 atom stereocenters. The van der Waals surface area contributed by atoms with Crippen molar-refractivity contribution in [2.75, 3.05) is 11.9 Å². The van der Waals surface area contributed by atoms with Crippen LogP contribution in [0.3, 0.4) is 0 Å². The highest BCUT2D eigenvalue weighted by molar-refractivity contribution is 9.10. The smallest absolute Gasteiger partial charge is 0.381 e. The summed E-state index contributed by atoms with van der Waals surface area (Å²) in [7, 11) is 0. The first-order valence-electron chi connectivity index (χ1n) is 6.23. The number of anilines is 1. The van der Waals surface area contributed by atoms with E-state index in [1.54, 1.807) is 0 Å². The molecule has 1 aliphatic heterocycles. The van der Waals surface area contributed by atoms with E-state index in [-0.39, 0.29) is 0 Å². The summed E-state index contributed by atoms with van der Waals surface area (Å²) in [6.45, 7) is 3.03. The van der Waals surface area contributed by atoms with Gasteiger partial charge in [0.05, 0.1) is 5.56 Å². The number of hydrogen-bond acceptors (Lipinski definition) is 2. The standard InChI is InChI=1S/C13H16BrF3N2/c1-8-6-10(4-5-18-8)19-12-3-2-9(7-11(12)14)13(15,16)17/h2-3,7-8,10,18-19H,4-6H2,1H3. The van der Waals surface area contributed by atoms with Gasteiger partial charge in [-0.25, -0.2) is 0 Å². The summed E-state index contributed by atoms with van der Waals surface area (Å²) in [5.41, 5.74) is 0.0794. The van der Waals surface area contributed by atoms with Crippen molar-refractivity contribution < 1.29 is 13.2 Å². The molecule has 1 fully saturated rings. The predicted molar refractivity (Wildman–Crippen MR) is 73.3 cm³/mol. The van der Waals surface area contributed by atoms with Crippen molar-refractivity contribution in [1.82, 2.24) is 5.32 Å². The van der Waals surface area contributed by atoms with E-state index < -0.39 is 11.7 Å². The maximum atomic E-state index is 12.6. The number of rotatable bonds is 2. The summed E-state index contributed by atoms with van der Waals surface area (Å²) < 4.78 is 38.1. The molecule has 1 saturated heterocycles. The Hall–Kier alpha value is -0.750. The van der Waals surface area contributed by atoms with E-state index in [1.165, 1.54) is 6.07 Å². The van der Waals surface area contributed by atoms with Gasteiger partial charge in [0.15, 0.2) is 0 Å². The molecule has 2 N–H and O–H groups in total. The lowest BCUT2D eigenvalue weighted by Gasteiger charge is -2.29. The minimum Gasteiger partial charge on any atom is -0.381 e. The van der Waals surface area contributed by atoms with Gasteiger partial charge in [0.1, 0.15) is 0 Å². The lowest BCUT2D eigenvalue weighted by molar-refractivity contribution is -0.137. The van der Waals surface area contributed by atoms with Gasteiger partial charge in [-0.05, 0) is 60.4 Å². The fourth-order valence-electron chi connectivity index (χ4n) is 2.29. The Bertz CT molecular complexity index is 448. The quantitative estimate of drug-likeness (QED) is 0.852. The molecule has 0 radical (unpaired) electrons. The monoisotopic (exact) mass is 336 g/mol. The second-order valence-electron chi connectivity index (χ2n) is 4.91. The van der Waals surface area contributed by atoms with Crippen molar-refractivity contribution in [3.05, 3.63) is 28.2 Å². The maximum Gasteiger partial charge on any atom is 0.416 e. The Morgan fingerprint density at radius 1 is 1.37 bits per heavy atom. The minimum atomic E-state index is -4.30. The third-order valence-corrected chi connectivity index (χ3v) is 3.94. The normalized spacial score (nSPS) is 24.3. The highest BCUT2D eigenvalue weighted by atomic mass is 79.9. The van der Waals surface area contributed by atoms with Crippen LogP contribution in [0.5, 0.6) is 0 Å². The third kappa shape index (κ3) is 3.86. The first-order chi connectivity index (χ1) is 8.86. The van der Waals surface area contributed by atoms with Crippen LogP contribution >= 0.6 is 15.9 Å². The summed E-state index contributed by atoms with van der Waals surface area (Å²) in [4.78, 5) is 0. The van der Waals surface area contributed by atoms with Gasteiger partial charge in [0.25, 0.3) is 0 Å². The zero-order chi connectivity index (χ0) is 14.0. The molecule has 1 aliphatic rings. The van der Waals surface area contributed by atoms with E-state index >= 15 is 0 Å². The van der Waals surface area contributed by atoms with Gasteiger partial charge in [0, 0.05) is 22.2 Å². The molecule has 2 rings (SSSR count). The molecule has 6 heteroatoms. The first-order valence-corrected chi connectivity index (χ1v) is 7.02. The molecule has 0 spiro atoms. The summed E-state index contributed by atoms with van der Waals surface area (Å²) in [5, 5.41) is 6.64. The lowest BCUT2D eigenvalue weighted by atomic mass is 10.0. The van der Waals surface area contributed by atoms with Crippen LogP contribution in [0.25, 0.3) is 0 Å². The van der Waals surface area contributed by atoms with E-state index in [4.69, 9.17) is 0 Å². The highest BCUT2D eigenvalue weighted by Crippen LogP contribution is 2.34. The predicted octanol–water partition coefficient (Wildman–Crippen LogP) is 4.02. The van der Waals surface area contributed by atoms with Crippen LogP contribution in [0.2, 0.25) is 0 Å². The van der Waals surface area contributed by atoms with E-state index in [0.717, 1.165) is 31.5 Å². The minimum absolute atomic E-state index is 0.296. The fraction of sp³-hybridized carbons (Fsp3) is 0.538. The molecule has 106 valence electrons. The van der Waals surface area contributed by atoms with Gasteiger partial charge in [-0.1, -0.05) is 0 Å². The average molecular weight is 337 g/mol. The van der Waals surface area contributed by atoms with Gasteiger partial charge in [-0.15, -0.1) is 0 Å². The molecule has 0 bridgehead atoms. The molecule has 0 aromatic heterocycles. The van der Waals surface area contributed by atoms with Crippen LogP contribution in [0.4, 0.5) is 18.9 Å². The molecule has 2 nitrogen and oxygen atoms in total. The largest absolute Gasteiger partial charge is 0.416 e. The van der Waals surface area contributed by atoms with E-state index in [0.29, 0.717) is 22.2 Å². The van der Waals surface area contributed by atoms with Crippen LogP contribution in [-0.2, 0) is 6.18 Å². The van der Waals surface area contributed by atoms with Gasteiger partial charge < -0.3 is 10.6 Å². The molecular formula is C13H16BrF3N2. The average Bonchev–Trinajstić information content (AvgIpc) is 2.30. The van der Waals surface area contributed by atoms with Crippen molar-refractivity contribution in [3.63, 3.8) is 0 Å². The summed E-state index contributed by atoms with van der Waals surface area (Å²) >= 11 is 3.20.